The molecular formula is C14H21NO9. The quantitative estimate of drug-likeness (QED) is 0.456. The number of aliphatic hydroxyl groups is 1. The molecule has 0 aromatic heterocycles. The topological polar surface area (TPSA) is 137 Å². The monoisotopic (exact) mass is 347 g/mol. The third kappa shape index (κ3) is 5.78. The van der Waals surface area contributed by atoms with Gasteiger partial charge in [-0.3, -0.25) is 19.2 Å². The number of rotatable bonds is 5. The number of ether oxygens (including phenoxy) is 4. The van der Waals surface area contributed by atoms with Crippen molar-refractivity contribution in [3.63, 3.8) is 0 Å². The fourth-order valence-corrected chi connectivity index (χ4v) is 2.31. The Morgan fingerprint density at radius 1 is 0.958 bits per heavy atom. The number of carbonyl (C=O) groups is 4. The first-order chi connectivity index (χ1) is 11.1. The molecule has 10 heteroatoms. The lowest BCUT2D eigenvalue weighted by molar-refractivity contribution is -0.264. The van der Waals surface area contributed by atoms with Gasteiger partial charge in [-0.15, -0.1) is 0 Å². The van der Waals surface area contributed by atoms with Gasteiger partial charge in [0, 0.05) is 27.7 Å². The second kappa shape index (κ2) is 8.60. The lowest BCUT2D eigenvalue weighted by Gasteiger charge is -2.43. The zero-order chi connectivity index (χ0) is 18.4. The maximum atomic E-state index is 11.4. The van der Waals surface area contributed by atoms with E-state index >= 15 is 0 Å². The number of nitrogens with one attached hydrogen (secondary N) is 1. The minimum Gasteiger partial charge on any atom is -0.463 e. The van der Waals surface area contributed by atoms with Gasteiger partial charge >= 0.3 is 17.9 Å². The summed E-state index contributed by atoms with van der Waals surface area (Å²) < 4.78 is 20.3. The fourth-order valence-electron chi connectivity index (χ4n) is 2.31. The summed E-state index contributed by atoms with van der Waals surface area (Å²) >= 11 is 0. The molecule has 0 spiro atoms. The molecular weight excluding hydrogens is 326 g/mol. The summed E-state index contributed by atoms with van der Waals surface area (Å²) in [5, 5.41) is 12.5. The molecule has 0 radical (unpaired) electrons. The Bertz CT molecular complexity index is 506. The molecule has 0 aromatic carbocycles. The summed E-state index contributed by atoms with van der Waals surface area (Å²) in [4.78, 5) is 45.0. The average molecular weight is 347 g/mol. The van der Waals surface area contributed by atoms with Crippen LogP contribution in [0.5, 0.6) is 0 Å². The lowest BCUT2D eigenvalue weighted by Crippen LogP contribution is -2.66. The lowest BCUT2D eigenvalue weighted by atomic mass is 9.96. The molecule has 2 N–H and O–H groups in total. The van der Waals surface area contributed by atoms with Crippen molar-refractivity contribution in [3.8, 4) is 0 Å². The second-order valence-corrected chi connectivity index (χ2v) is 5.24. The van der Waals surface area contributed by atoms with Gasteiger partial charge in [-0.1, -0.05) is 0 Å². The first-order valence-corrected chi connectivity index (χ1v) is 7.20. The van der Waals surface area contributed by atoms with Crippen LogP contribution in [0.2, 0.25) is 0 Å². The Balaban J connectivity index is 3.11. The highest BCUT2D eigenvalue weighted by Gasteiger charge is 2.50. The number of hydrogen-bond donors (Lipinski definition) is 2. The van der Waals surface area contributed by atoms with E-state index in [-0.39, 0.29) is 6.61 Å². The summed E-state index contributed by atoms with van der Waals surface area (Å²) in [7, 11) is 0. The summed E-state index contributed by atoms with van der Waals surface area (Å²) in [5.74, 6) is -2.54. The van der Waals surface area contributed by atoms with Crippen LogP contribution in [0.4, 0.5) is 0 Å². The Morgan fingerprint density at radius 2 is 1.50 bits per heavy atom. The van der Waals surface area contributed by atoms with Crippen LogP contribution in [0.25, 0.3) is 0 Å². The first-order valence-electron chi connectivity index (χ1n) is 7.20. The van der Waals surface area contributed by atoms with E-state index in [1.165, 1.54) is 13.8 Å². The minimum atomic E-state index is -1.56. The molecule has 0 saturated carbocycles. The summed E-state index contributed by atoms with van der Waals surface area (Å²) in [6.07, 6.45) is -5.06. The maximum absolute atomic E-state index is 11.4. The molecule has 1 fully saturated rings. The van der Waals surface area contributed by atoms with E-state index in [4.69, 9.17) is 18.9 Å². The number of aliphatic hydroxyl groups excluding tert-OH is 1. The van der Waals surface area contributed by atoms with Gasteiger partial charge in [0.2, 0.25) is 5.91 Å². The Morgan fingerprint density at radius 3 is 1.96 bits per heavy atom. The van der Waals surface area contributed by atoms with Crippen LogP contribution < -0.4 is 5.32 Å². The summed E-state index contributed by atoms with van der Waals surface area (Å²) in [6, 6.07) is -1.16. The van der Waals surface area contributed by atoms with Crippen molar-refractivity contribution >= 4 is 23.8 Å². The van der Waals surface area contributed by atoms with Gasteiger partial charge in [0.05, 0.1) is 0 Å². The van der Waals surface area contributed by atoms with Gasteiger partial charge < -0.3 is 29.4 Å². The van der Waals surface area contributed by atoms with Crippen LogP contribution in [0.15, 0.2) is 0 Å². The molecule has 0 aromatic rings. The van der Waals surface area contributed by atoms with Crippen LogP contribution in [-0.4, -0.2) is 66.2 Å². The SMILES string of the molecule is CC(=O)N[C@H]1C(O)O[C@H](COC(C)=O)[C@H](OC(C)=O)[C@@H]1OC(C)=O. The Hall–Kier alpha value is -2.20. The maximum Gasteiger partial charge on any atom is 0.303 e. The van der Waals surface area contributed by atoms with E-state index < -0.39 is 54.5 Å². The largest absolute Gasteiger partial charge is 0.463 e. The highest BCUT2D eigenvalue weighted by atomic mass is 16.7. The fraction of sp³-hybridized carbons (Fsp3) is 0.714. The van der Waals surface area contributed by atoms with Crippen molar-refractivity contribution in [2.75, 3.05) is 6.61 Å². The van der Waals surface area contributed by atoms with E-state index in [1.807, 2.05) is 0 Å². The van der Waals surface area contributed by atoms with Crippen molar-refractivity contribution in [1.82, 2.24) is 5.32 Å². The predicted octanol–water partition coefficient (Wildman–Crippen LogP) is -1.37. The number of esters is 3. The van der Waals surface area contributed by atoms with Gasteiger partial charge in [0.25, 0.3) is 0 Å². The van der Waals surface area contributed by atoms with Crippen molar-refractivity contribution in [2.24, 2.45) is 0 Å². The van der Waals surface area contributed by atoms with Gasteiger partial charge in [-0.2, -0.15) is 0 Å². The molecule has 1 amide bonds. The molecule has 1 aliphatic heterocycles. The first kappa shape index (κ1) is 19.8. The van der Waals surface area contributed by atoms with Crippen LogP contribution >= 0.6 is 0 Å². The molecule has 1 aliphatic rings. The molecule has 1 heterocycles. The smallest absolute Gasteiger partial charge is 0.303 e. The highest BCUT2D eigenvalue weighted by molar-refractivity contribution is 5.73. The van der Waals surface area contributed by atoms with Crippen molar-refractivity contribution < 1.29 is 43.2 Å². The van der Waals surface area contributed by atoms with E-state index in [2.05, 4.69) is 5.32 Å². The molecule has 0 bridgehead atoms. The van der Waals surface area contributed by atoms with Crippen LogP contribution in [0.1, 0.15) is 27.7 Å². The zero-order valence-corrected chi connectivity index (χ0v) is 13.8. The number of hydrogen-bond acceptors (Lipinski definition) is 9. The summed E-state index contributed by atoms with van der Waals surface area (Å²) in [5.41, 5.74) is 0. The van der Waals surface area contributed by atoms with Crippen LogP contribution in [-0.2, 0) is 38.1 Å². The van der Waals surface area contributed by atoms with E-state index in [9.17, 15) is 24.3 Å². The van der Waals surface area contributed by atoms with Crippen molar-refractivity contribution in [2.45, 2.75) is 58.3 Å². The standard InChI is InChI=1S/C14H21NO9/c1-6(16)15-11-13(23-9(4)19)12(22-8(3)18)10(24-14(11)20)5-21-7(2)17/h10-14,20H,5H2,1-4H3,(H,15,16)/t10-,11-,12+,13-,14?/m1/s1. The Labute approximate surface area is 138 Å². The molecule has 1 rings (SSSR count). The molecule has 1 saturated heterocycles. The molecule has 0 aliphatic carbocycles. The third-order valence-electron chi connectivity index (χ3n) is 3.09. The normalized spacial score (nSPS) is 29.3. The second-order valence-electron chi connectivity index (χ2n) is 5.24. The van der Waals surface area contributed by atoms with E-state index in [0.29, 0.717) is 0 Å². The predicted molar refractivity (Wildman–Crippen MR) is 76.2 cm³/mol. The number of amides is 1. The van der Waals surface area contributed by atoms with Crippen LogP contribution in [0.3, 0.4) is 0 Å². The molecule has 10 nitrogen and oxygen atoms in total. The highest BCUT2D eigenvalue weighted by Crippen LogP contribution is 2.26. The van der Waals surface area contributed by atoms with Gasteiger partial charge in [0.1, 0.15) is 18.8 Å². The zero-order valence-electron chi connectivity index (χ0n) is 13.8. The molecule has 5 atom stereocenters. The van der Waals surface area contributed by atoms with Crippen molar-refractivity contribution in [1.29, 1.82) is 0 Å². The van der Waals surface area contributed by atoms with Gasteiger partial charge in [-0.25, -0.2) is 0 Å². The third-order valence-corrected chi connectivity index (χ3v) is 3.09. The van der Waals surface area contributed by atoms with Gasteiger partial charge in [-0.05, 0) is 0 Å². The average Bonchev–Trinajstić information content (AvgIpc) is 2.42. The van der Waals surface area contributed by atoms with Gasteiger partial charge in [0.15, 0.2) is 18.5 Å². The number of carbonyl (C=O) groups excluding carboxylic acids is 4. The Kier molecular flexibility index (Phi) is 7.11. The van der Waals surface area contributed by atoms with E-state index in [0.717, 1.165) is 13.8 Å². The summed E-state index contributed by atoms with van der Waals surface area (Å²) in [6.45, 7) is 4.28. The molecule has 1 unspecified atom stereocenters. The van der Waals surface area contributed by atoms with Crippen LogP contribution in [0, 0.1) is 0 Å². The molecule has 136 valence electrons. The molecule has 24 heavy (non-hydrogen) atoms. The van der Waals surface area contributed by atoms with Crippen molar-refractivity contribution in [3.05, 3.63) is 0 Å². The minimum absolute atomic E-state index is 0.338. The van der Waals surface area contributed by atoms with E-state index in [1.54, 1.807) is 0 Å².